The van der Waals surface area contributed by atoms with Gasteiger partial charge in [0.1, 0.15) is 0 Å². The van der Waals surface area contributed by atoms with Crippen molar-refractivity contribution in [2.75, 3.05) is 26.2 Å². The van der Waals surface area contributed by atoms with Crippen LogP contribution in [-0.2, 0) is 9.53 Å². The van der Waals surface area contributed by atoms with Gasteiger partial charge >= 0.3 is 5.97 Å². The van der Waals surface area contributed by atoms with Crippen LogP contribution in [0.2, 0.25) is 0 Å². The fourth-order valence-corrected chi connectivity index (χ4v) is 2.90. The molecule has 0 aliphatic carbocycles. The third-order valence-electron chi connectivity index (χ3n) is 3.64. The first kappa shape index (κ1) is 12.8. The van der Waals surface area contributed by atoms with Gasteiger partial charge in [-0.15, -0.1) is 0 Å². The minimum Gasteiger partial charge on any atom is -0.481 e. The molecule has 0 unspecified atom stereocenters. The SMILES string of the molecule is C[C@@H]1CN([C@@H]2CNC[C@H](C(=O)O)C2)C[C@H](C)O1. The number of hydrogen-bond acceptors (Lipinski definition) is 4. The highest BCUT2D eigenvalue weighted by Gasteiger charge is 2.33. The Hall–Kier alpha value is -0.650. The standard InChI is InChI=1S/C12H22N2O3/c1-8-6-14(7-9(2)17-8)11-3-10(12(15)16)4-13-5-11/h8-11,13H,3-7H2,1-2H3,(H,15,16)/t8-,9+,10-,11+/m1/s1. The van der Waals surface area contributed by atoms with Crippen molar-refractivity contribution < 1.29 is 14.6 Å². The number of carbonyl (C=O) groups is 1. The number of rotatable bonds is 2. The zero-order valence-corrected chi connectivity index (χ0v) is 10.6. The first-order valence-corrected chi connectivity index (χ1v) is 6.39. The predicted molar refractivity (Wildman–Crippen MR) is 64.0 cm³/mol. The van der Waals surface area contributed by atoms with Crippen LogP contribution in [-0.4, -0.2) is 60.4 Å². The van der Waals surface area contributed by atoms with Gasteiger partial charge in [-0.3, -0.25) is 9.69 Å². The number of carboxylic acid groups (broad SMARTS) is 1. The van der Waals surface area contributed by atoms with Gasteiger partial charge in [-0.1, -0.05) is 0 Å². The molecule has 0 spiro atoms. The minimum atomic E-state index is -0.684. The number of aliphatic carboxylic acids is 1. The molecule has 2 heterocycles. The fourth-order valence-electron chi connectivity index (χ4n) is 2.90. The number of nitrogens with one attached hydrogen (secondary N) is 1. The molecule has 2 aliphatic heterocycles. The molecule has 0 aromatic rings. The second-order valence-electron chi connectivity index (χ2n) is 5.29. The van der Waals surface area contributed by atoms with Crippen molar-refractivity contribution in [1.29, 1.82) is 0 Å². The average molecular weight is 242 g/mol. The first-order valence-electron chi connectivity index (χ1n) is 6.39. The number of morpholine rings is 1. The highest BCUT2D eigenvalue weighted by atomic mass is 16.5. The zero-order valence-electron chi connectivity index (χ0n) is 10.6. The maximum Gasteiger partial charge on any atom is 0.307 e. The van der Waals surface area contributed by atoms with E-state index in [0.29, 0.717) is 12.6 Å². The lowest BCUT2D eigenvalue weighted by atomic mass is 9.94. The maximum atomic E-state index is 11.0. The summed E-state index contributed by atoms with van der Waals surface area (Å²) in [5, 5.41) is 12.3. The minimum absolute atomic E-state index is 0.240. The molecule has 2 fully saturated rings. The number of piperidine rings is 1. The number of nitrogens with zero attached hydrogens (tertiary/aromatic N) is 1. The Morgan fingerprint density at radius 2 is 1.94 bits per heavy atom. The third-order valence-corrected chi connectivity index (χ3v) is 3.64. The average Bonchev–Trinajstić information content (AvgIpc) is 2.28. The summed E-state index contributed by atoms with van der Waals surface area (Å²) >= 11 is 0. The van der Waals surface area contributed by atoms with Gasteiger partial charge < -0.3 is 15.2 Å². The van der Waals surface area contributed by atoms with Gasteiger partial charge in [0.2, 0.25) is 0 Å². The Kier molecular flexibility index (Phi) is 4.01. The molecule has 4 atom stereocenters. The Balaban J connectivity index is 1.94. The second-order valence-corrected chi connectivity index (χ2v) is 5.29. The molecular formula is C12H22N2O3. The highest BCUT2D eigenvalue weighted by molar-refractivity contribution is 5.70. The van der Waals surface area contributed by atoms with Gasteiger partial charge in [-0.2, -0.15) is 0 Å². The lowest BCUT2D eigenvalue weighted by Crippen LogP contribution is -2.56. The summed E-state index contributed by atoms with van der Waals surface area (Å²) in [6.07, 6.45) is 1.23. The molecule has 2 N–H and O–H groups in total. The second kappa shape index (κ2) is 5.33. The predicted octanol–water partition coefficient (Wildman–Crippen LogP) is 0.158. The molecule has 0 bridgehead atoms. The van der Waals surface area contributed by atoms with E-state index in [0.717, 1.165) is 26.1 Å². The molecule has 98 valence electrons. The largest absolute Gasteiger partial charge is 0.481 e. The molecule has 5 heteroatoms. The van der Waals surface area contributed by atoms with E-state index in [2.05, 4.69) is 24.1 Å². The van der Waals surface area contributed by atoms with E-state index in [1.165, 1.54) is 0 Å². The quantitative estimate of drug-likeness (QED) is 0.722. The van der Waals surface area contributed by atoms with Gasteiger partial charge in [0.05, 0.1) is 18.1 Å². The molecule has 0 radical (unpaired) electrons. The Morgan fingerprint density at radius 1 is 1.29 bits per heavy atom. The highest BCUT2D eigenvalue weighted by Crippen LogP contribution is 2.20. The molecule has 5 nitrogen and oxygen atoms in total. The summed E-state index contributed by atoms with van der Waals surface area (Å²) < 4.78 is 5.70. The molecule has 2 aliphatic rings. The molecule has 0 aromatic carbocycles. The Bertz CT molecular complexity index is 275. The molecular weight excluding hydrogens is 220 g/mol. The van der Waals surface area contributed by atoms with Gasteiger partial charge in [0.15, 0.2) is 0 Å². The van der Waals surface area contributed by atoms with Crippen LogP contribution >= 0.6 is 0 Å². The van der Waals surface area contributed by atoms with Crippen LogP contribution in [0.1, 0.15) is 20.3 Å². The molecule has 2 saturated heterocycles. The lowest BCUT2D eigenvalue weighted by Gasteiger charge is -2.42. The van der Waals surface area contributed by atoms with Crippen molar-refractivity contribution >= 4 is 5.97 Å². The van der Waals surface area contributed by atoms with Crippen molar-refractivity contribution in [3.05, 3.63) is 0 Å². The van der Waals surface area contributed by atoms with E-state index in [1.54, 1.807) is 0 Å². The van der Waals surface area contributed by atoms with Crippen LogP contribution in [0.5, 0.6) is 0 Å². The lowest BCUT2D eigenvalue weighted by molar-refractivity contribution is -0.143. The smallest absolute Gasteiger partial charge is 0.307 e. The Labute approximate surface area is 102 Å². The topological polar surface area (TPSA) is 61.8 Å². The summed E-state index contributed by atoms with van der Waals surface area (Å²) in [5.74, 6) is -0.932. The third kappa shape index (κ3) is 3.18. The maximum absolute atomic E-state index is 11.0. The van der Waals surface area contributed by atoms with Crippen LogP contribution < -0.4 is 5.32 Å². The fraction of sp³-hybridized carbons (Fsp3) is 0.917. The van der Waals surface area contributed by atoms with Crippen molar-refractivity contribution in [2.45, 2.75) is 38.5 Å². The first-order chi connectivity index (χ1) is 8.06. The van der Waals surface area contributed by atoms with Crippen molar-refractivity contribution in [1.82, 2.24) is 10.2 Å². The van der Waals surface area contributed by atoms with E-state index >= 15 is 0 Å². The van der Waals surface area contributed by atoms with Crippen LogP contribution in [0.15, 0.2) is 0 Å². The molecule has 17 heavy (non-hydrogen) atoms. The van der Waals surface area contributed by atoms with E-state index in [1.807, 2.05) is 0 Å². The van der Waals surface area contributed by atoms with E-state index in [9.17, 15) is 4.79 Å². The molecule has 0 aromatic heterocycles. The van der Waals surface area contributed by atoms with Crippen molar-refractivity contribution in [2.24, 2.45) is 5.92 Å². The van der Waals surface area contributed by atoms with Crippen LogP contribution in [0.4, 0.5) is 0 Å². The van der Waals surface area contributed by atoms with Crippen LogP contribution in [0.25, 0.3) is 0 Å². The van der Waals surface area contributed by atoms with E-state index < -0.39 is 5.97 Å². The van der Waals surface area contributed by atoms with Crippen molar-refractivity contribution in [3.8, 4) is 0 Å². The molecule has 2 rings (SSSR count). The number of carboxylic acids is 1. The van der Waals surface area contributed by atoms with E-state index in [-0.39, 0.29) is 18.1 Å². The number of ether oxygens (including phenoxy) is 1. The van der Waals surface area contributed by atoms with Gasteiger partial charge in [-0.05, 0) is 20.3 Å². The summed E-state index contributed by atoms with van der Waals surface area (Å²) in [6, 6.07) is 0.332. The van der Waals surface area contributed by atoms with Crippen molar-refractivity contribution in [3.63, 3.8) is 0 Å². The van der Waals surface area contributed by atoms with Gasteiger partial charge in [-0.25, -0.2) is 0 Å². The summed E-state index contributed by atoms with van der Waals surface area (Å²) in [6.45, 7) is 7.46. The number of hydrogen-bond donors (Lipinski definition) is 2. The monoisotopic (exact) mass is 242 g/mol. The van der Waals surface area contributed by atoms with Crippen LogP contribution in [0.3, 0.4) is 0 Å². The van der Waals surface area contributed by atoms with Gasteiger partial charge in [0, 0.05) is 32.2 Å². The normalized spacial score (nSPS) is 40.1. The molecule has 0 saturated carbocycles. The van der Waals surface area contributed by atoms with Gasteiger partial charge in [0.25, 0.3) is 0 Å². The zero-order chi connectivity index (χ0) is 12.4. The Morgan fingerprint density at radius 3 is 2.53 bits per heavy atom. The van der Waals surface area contributed by atoms with E-state index in [4.69, 9.17) is 9.84 Å². The summed E-state index contributed by atoms with van der Waals surface area (Å²) in [4.78, 5) is 13.4. The molecule has 0 amide bonds. The summed E-state index contributed by atoms with van der Waals surface area (Å²) in [5.41, 5.74) is 0. The van der Waals surface area contributed by atoms with Crippen LogP contribution in [0, 0.1) is 5.92 Å². The summed E-state index contributed by atoms with van der Waals surface area (Å²) in [7, 11) is 0.